The molecule has 3 heterocycles. The number of aryl methyl sites for hydroxylation is 1. The normalized spacial score (nSPS) is 19.2. The highest BCUT2D eigenvalue weighted by Gasteiger charge is 2.36. The molecule has 0 saturated carbocycles. The molecule has 2 amide bonds. The van der Waals surface area contributed by atoms with Gasteiger partial charge < -0.3 is 14.6 Å². The largest absolute Gasteiger partial charge is 0.495 e. The Labute approximate surface area is 191 Å². The van der Waals surface area contributed by atoms with Crippen molar-refractivity contribution in [2.24, 2.45) is 4.99 Å². The molecule has 5 rings (SSSR count). The zero-order valence-electron chi connectivity index (χ0n) is 18.5. The van der Waals surface area contributed by atoms with Crippen LogP contribution in [-0.2, 0) is 0 Å². The Hall–Kier alpha value is -3.94. The van der Waals surface area contributed by atoms with Crippen LogP contribution in [0.1, 0.15) is 29.3 Å². The van der Waals surface area contributed by atoms with E-state index in [2.05, 4.69) is 15.3 Å². The average molecular weight is 445 g/mol. The summed E-state index contributed by atoms with van der Waals surface area (Å²) in [6, 6.07) is 11.9. The van der Waals surface area contributed by atoms with E-state index in [0.29, 0.717) is 31.1 Å². The van der Waals surface area contributed by atoms with Gasteiger partial charge in [-0.3, -0.25) is 9.89 Å². The summed E-state index contributed by atoms with van der Waals surface area (Å²) in [4.78, 5) is 23.4. The molecule has 33 heavy (non-hydrogen) atoms. The highest BCUT2D eigenvalue weighted by Crippen LogP contribution is 2.33. The van der Waals surface area contributed by atoms with Gasteiger partial charge in [-0.05, 0) is 54.8 Å². The van der Waals surface area contributed by atoms with Crippen LogP contribution in [0.4, 0.5) is 9.18 Å². The lowest BCUT2D eigenvalue weighted by Crippen LogP contribution is -2.54. The third-order valence-electron chi connectivity index (χ3n) is 5.93. The van der Waals surface area contributed by atoms with Gasteiger partial charge in [-0.2, -0.15) is 0 Å². The summed E-state index contributed by atoms with van der Waals surface area (Å²) in [5.74, 6) is 1.08. The summed E-state index contributed by atoms with van der Waals surface area (Å²) >= 11 is 0. The van der Waals surface area contributed by atoms with Crippen LogP contribution in [0.2, 0.25) is 0 Å². The van der Waals surface area contributed by atoms with Crippen LogP contribution in [0.5, 0.6) is 5.75 Å². The molecule has 1 aromatic heterocycles. The second-order valence-corrected chi connectivity index (χ2v) is 8.11. The third-order valence-corrected chi connectivity index (χ3v) is 5.93. The Bertz CT molecular complexity index is 1260. The molecule has 2 aromatic carbocycles. The van der Waals surface area contributed by atoms with Gasteiger partial charge in [-0.25, -0.2) is 14.2 Å². The number of amides is 2. The number of fused-ring (bicyclic) bond motifs is 1. The molecule has 168 valence electrons. The Morgan fingerprint density at radius 1 is 1.21 bits per heavy atom. The average Bonchev–Trinajstić information content (AvgIpc) is 3.27. The number of rotatable bonds is 4. The lowest BCUT2D eigenvalue weighted by Gasteiger charge is -2.39. The van der Waals surface area contributed by atoms with Crippen molar-refractivity contribution in [1.29, 1.82) is 0 Å². The molecule has 1 unspecified atom stereocenters. The van der Waals surface area contributed by atoms with Crippen LogP contribution < -0.4 is 10.1 Å². The van der Waals surface area contributed by atoms with Gasteiger partial charge in [0.2, 0.25) is 0 Å². The van der Waals surface area contributed by atoms with Gasteiger partial charge >= 0.3 is 6.03 Å². The maximum Gasteiger partial charge on any atom is 0.323 e. The molecule has 1 fully saturated rings. The molecule has 0 radical (unpaired) electrons. The quantitative estimate of drug-likeness (QED) is 0.652. The van der Waals surface area contributed by atoms with E-state index in [4.69, 9.17) is 4.74 Å². The van der Waals surface area contributed by atoms with E-state index >= 15 is 0 Å². The van der Waals surface area contributed by atoms with Crippen LogP contribution in [0.25, 0.3) is 11.8 Å². The number of carbonyl (C=O) groups excluding carboxylic acids is 1. The molecule has 0 aliphatic carbocycles. The predicted molar refractivity (Wildman–Crippen MR) is 124 cm³/mol. The van der Waals surface area contributed by atoms with Crippen molar-refractivity contribution in [3.63, 3.8) is 0 Å². The number of ether oxygens (including phenoxy) is 1. The molecular weight excluding hydrogens is 421 g/mol. The number of nitrogens with one attached hydrogen (secondary N) is 1. The molecule has 1 atom stereocenters. The van der Waals surface area contributed by atoms with Crippen molar-refractivity contribution >= 4 is 17.9 Å². The molecule has 2 aliphatic rings. The second-order valence-electron chi connectivity index (χ2n) is 8.11. The Morgan fingerprint density at radius 3 is 2.76 bits per heavy atom. The smallest absolute Gasteiger partial charge is 0.323 e. The molecule has 0 bridgehead atoms. The summed E-state index contributed by atoms with van der Waals surface area (Å²) in [7, 11) is 1.64. The number of methoxy groups -OCH3 is 1. The van der Waals surface area contributed by atoms with Gasteiger partial charge in [-0.1, -0.05) is 18.2 Å². The molecule has 8 heteroatoms. The highest BCUT2D eigenvalue weighted by molar-refractivity contribution is 6.13. The summed E-state index contributed by atoms with van der Waals surface area (Å²) in [6.45, 7) is 2.92. The number of amidine groups is 1. The van der Waals surface area contributed by atoms with Crippen molar-refractivity contribution in [3.05, 3.63) is 83.2 Å². The zero-order chi connectivity index (χ0) is 22.9. The molecule has 7 nitrogen and oxygen atoms in total. The first-order valence-corrected chi connectivity index (χ1v) is 10.8. The topological polar surface area (TPSA) is 71.8 Å². The third kappa shape index (κ3) is 4.00. The Kier molecular flexibility index (Phi) is 5.42. The maximum absolute atomic E-state index is 13.4. The highest BCUT2D eigenvalue weighted by atomic mass is 19.1. The van der Waals surface area contributed by atoms with Gasteiger partial charge in [0.1, 0.15) is 17.4 Å². The van der Waals surface area contributed by atoms with Gasteiger partial charge in [0.15, 0.2) is 0 Å². The summed E-state index contributed by atoms with van der Waals surface area (Å²) in [5.41, 5.74) is 4.55. The first-order chi connectivity index (χ1) is 16.0. The van der Waals surface area contributed by atoms with E-state index in [-0.39, 0.29) is 17.9 Å². The molecule has 3 aromatic rings. The lowest BCUT2D eigenvalue weighted by atomic mass is 9.97. The minimum Gasteiger partial charge on any atom is -0.495 e. The fraction of sp³-hybridized carbons (Fsp3) is 0.240. The minimum atomic E-state index is -0.296. The number of halogens is 1. The van der Waals surface area contributed by atoms with E-state index in [1.807, 2.05) is 42.0 Å². The number of nitrogens with zero attached hydrogens (tertiary/aromatic N) is 4. The number of benzene rings is 2. The molecule has 0 spiro atoms. The van der Waals surface area contributed by atoms with Crippen LogP contribution in [0.15, 0.2) is 65.6 Å². The number of aromatic nitrogens is 2. The van der Waals surface area contributed by atoms with Gasteiger partial charge in [-0.15, -0.1) is 0 Å². The molecule has 1 saturated heterocycles. The van der Waals surface area contributed by atoms with Crippen LogP contribution in [0, 0.1) is 12.7 Å². The summed E-state index contributed by atoms with van der Waals surface area (Å²) in [5, 5.41) is 2.95. The van der Waals surface area contributed by atoms with Gasteiger partial charge in [0, 0.05) is 24.9 Å². The first-order valence-electron chi connectivity index (χ1n) is 10.8. The van der Waals surface area contributed by atoms with E-state index < -0.39 is 0 Å². The molecule has 1 N–H and O–H groups in total. The zero-order valence-corrected chi connectivity index (χ0v) is 18.5. The van der Waals surface area contributed by atoms with Gasteiger partial charge in [0.25, 0.3) is 0 Å². The number of urea groups is 1. The number of imidazole rings is 1. The summed E-state index contributed by atoms with van der Waals surface area (Å²) in [6.07, 6.45) is 6.40. The van der Waals surface area contributed by atoms with Crippen LogP contribution in [0.3, 0.4) is 0 Å². The van der Waals surface area contributed by atoms with E-state index in [0.717, 1.165) is 28.1 Å². The number of hydrogen-bond donors (Lipinski definition) is 1. The van der Waals surface area contributed by atoms with Crippen molar-refractivity contribution < 1.29 is 13.9 Å². The predicted octanol–water partition coefficient (Wildman–Crippen LogP) is 4.28. The van der Waals surface area contributed by atoms with Crippen molar-refractivity contribution in [2.45, 2.75) is 19.4 Å². The monoisotopic (exact) mass is 445 g/mol. The standard InChI is InChI=1S/C25H24FN5O2/c1-16-14-30(15-29-16)22-8-3-17(12-23(22)33-2)11-19-13-28-25(32)31-21(9-10-27-24(19)31)18-4-6-20(26)7-5-18/h3-8,11-12,14-15,21H,9-10,13H2,1-2H3,(H,28,32)/b19-11+. The lowest BCUT2D eigenvalue weighted by molar-refractivity contribution is 0.201. The van der Waals surface area contributed by atoms with Crippen molar-refractivity contribution in [2.75, 3.05) is 20.2 Å². The minimum absolute atomic E-state index is 0.191. The fourth-order valence-corrected chi connectivity index (χ4v) is 4.34. The fourth-order valence-electron chi connectivity index (χ4n) is 4.34. The number of hydrogen-bond acceptors (Lipinski definition) is 4. The van der Waals surface area contributed by atoms with Crippen LogP contribution >= 0.6 is 0 Å². The van der Waals surface area contributed by atoms with Gasteiger partial charge in [0.05, 0.1) is 30.9 Å². The van der Waals surface area contributed by atoms with E-state index in [1.165, 1.54) is 12.1 Å². The first kappa shape index (κ1) is 20.9. The molecule has 2 aliphatic heterocycles. The van der Waals surface area contributed by atoms with Crippen molar-refractivity contribution in [1.82, 2.24) is 19.8 Å². The van der Waals surface area contributed by atoms with E-state index in [1.54, 1.807) is 30.5 Å². The Balaban J connectivity index is 1.48. The summed E-state index contributed by atoms with van der Waals surface area (Å²) < 4.78 is 21.0. The maximum atomic E-state index is 13.4. The van der Waals surface area contributed by atoms with E-state index in [9.17, 15) is 9.18 Å². The second kappa shape index (κ2) is 8.54. The number of carbonyl (C=O) groups is 1. The van der Waals surface area contributed by atoms with Crippen LogP contribution in [-0.4, -0.2) is 46.5 Å². The Morgan fingerprint density at radius 2 is 2.03 bits per heavy atom. The van der Waals surface area contributed by atoms with Crippen molar-refractivity contribution in [3.8, 4) is 11.4 Å². The number of aliphatic imine (C=N–C) groups is 1. The SMILES string of the molecule is COc1cc(/C=C2\CNC(=O)N3C2=NCCC3c2ccc(F)cc2)ccc1-n1cnc(C)c1. The molecular formula is C25H24FN5O2.